The molecule has 0 unspecified atom stereocenters. The lowest BCUT2D eigenvalue weighted by Gasteiger charge is -2.08. The molecule has 0 radical (unpaired) electrons. The average Bonchev–Trinajstić information content (AvgIpc) is 2.38. The molecular weight excluding hydrogens is 260 g/mol. The molecule has 4 heteroatoms. The maximum absolute atomic E-state index is 6.18. The molecule has 0 saturated heterocycles. The van der Waals surface area contributed by atoms with E-state index in [1.54, 1.807) is 7.11 Å². The summed E-state index contributed by atoms with van der Waals surface area (Å²) in [5.74, 6) is 1.58. The number of aromatic nitrogens is 2. The maximum atomic E-state index is 6.18. The first kappa shape index (κ1) is 13.8. The third-order valence-corrected chi connectivity index (χ3v) is 3.37. The van der Waals surface area contributed by atoms with Crippen molar-refractivity contribution in [2.75, 3.05) is 7.11 Å². The molecule has 0 aliphatic rings. The van der Waals surface area contributed by atoms with Crippen LogP contribution in [0.25, 0.3) is 0 Å². The summed E-state index contributed by atoms with van der Waals surface area (Å²) in [6.07, 6.45) is 1.51. The van der Waals surface area contributed by atoms with E-state index in [0.717, 1.165) is 34.8 Å². The quantitative estimate of drug-likeness (QED) is 0.801. The highest BCUT2D eigenvalue weighted by Crippen LogP contribution is 2.19. The molecule has 0 atom stereocenters. The van der Waals surface area contributed by atoms with Gasteiger partial charge in [-0.05, 0) is 31.0 Å². The normalized spacial score (nSPS) is 10.5. The maximum Gasteiger partial charge on any atom is 0.136 e. The number of rotatable bonds is 4. The monoisotopic (exact) mass is 276 g/mol. The van der Waals surface area contributed by atoms with Gasteiger partial charge in [0.2, 0.25) is 0 Å². The van der Waals surface area contributed by atoms with E-state index in [4.69, 9.17) is 16.3 Å². The van der Waals surface area contributed by atoms with Gasteiger partial charge in [-0.25, -0.2) is 9.97 Å². The van der Waals surface area contributed by atoms with Crippen molar-refractivity contribution in [1.82, 2.24) is 9.97 Å². The fourth-order valence-electron chi connectivity index (χ4n) is 2.06. The summed E-state index contributed by atoms with van der Waals surface area (Å²) in [6.45, 7) is 4.03. The second kappa shape index (κ2) is 6.02. The standard InChI is InChI=1S/C15H17ClN2O/c1-4-13-10(2)17-14(18-15(13)16)9-11-6-5-7-12(8-11)19-3/h5-8H,4,9H2,1-3H3. The van der Waals surface area contributed by atoms with E-state index in [1.165, 1.54) is 0 Å². The summed E-state index contributed by atoms with van der Waals surface area (Å²) >= 11 is 6.18. The number of benzene rings is 1. The number of methoxy groups -OCH3 is 1. The minimum Gasteiger partial charge on any atom is -0.497 e. The van der Waals surface area contributed by atoms with Gasteiger partial charge in [0, 0.05) is 17.7 Å². The van der Waals surface area contributed by atoms with Crippen molar-refractivity contribution >= 4 is 11.6 Å². The first-order valence-electron chi connectivity index (χ1n) is 6.28. The van der Waals surface area contributed by atoms with Crippen LogP contribution in [0.2, 0.25) is 5.15 Å². The molecule has 0 aliphatic carbocycles. The van der Waals surface area contributed by atoms with E-state index in [0.29, 0.717) is 11.6 Å². The Balaban J connectivity index is 2.28. The third kappa shape index (κ3) is 3.24. The molecule has 0 amide bonds. The Labute approximate surface area is 118 Å². The highest BCUT2D eigenvalue weighted by molar-refractivity contribution is 6.30. The van der Waals surface area contributed by atoms with Gasteiger partial charge in [-0.15, -0.1) is 0 Å². The Morgan fingerprint density at radius 2 is 2.05 bits per heavy atom. The lowest BCUT2D eigenvalue weighted by molar-refractivity contribution is 0.414. The lowest BCUT2D eigenvalue weighted by atomic mass is 10.1. The van der Waals surface area contributed by atoms with E-state index in [2.05, 4.69) is 16.9 Å². The molecule has 0 spiro atoms. The molecule has 2 aromatic rings. The van der Waals surface area contributed by atoms with Crippen molar-refractivity contribution in [3.05, 3.63) is 52.1 Å². The number of halogens is 1. The molecule has 0 N–H and O–H groups in total. The predicted molar refractivity (Wildman–Crippen MR) is 77.0 cm³/mol. The van der Waals surface area contributed by atoms with Gasteiger partial charge in [0.1, 0.15) is 16.7 Å². The van der Waals surface area contributed by atoms with Crippen LogP contribution in [0.4, 0.5) is 0 Å². The molecule has 2 rings (SSSR count). The summed E-state index contributed by atoms with van der Waals surface area (Å²) in [7, 11) is 1.66. The van der Waals surface area contributed by atoms with Crippen LogP contribution in [0.15, 0.2) is 24.3 Å². The minimum atomic E-state index is 0.563. The van der Waals surface area contributed by atoms with Crippen molar-refractivity contribution in [2.24, 2.45) is 0 Å². The van der Waals surface area contributed by atoms with Crippen LogP contribution in [0.1, 0.15) is 29.6 Å². The van der Waals surface area contributed by atoms with Gasteiger partial charge in [0.25, 0.3) is 0 Å². The highest BCUT2D eigenvalue weighted by Gasteiger charge is 2.09. The van der Waals surface area contributed by atoms with Crippen LogP contribution >= 0.6 is 11.6 Å². The SMILES string of the molecule is CCc1c(C)nc(Cc2cccc(OC)c2)nc1Cl. The molecule has 19 heavy (non-hydrogen) atoms. The zero-order valence-electron chi connectivity index (χ0n) is 11.4. The third-order valence-electron chi connectivity index (χ3n) is 3.06. The minimum absolute atomic E-state index is 0.563. The van der Waals surface area contributed by atoms with Gasteiger partial charge in [0.05, 0.1) is 7.11 Å². The van der Waals surface area contributed by atoms with Crippen LogP contribution in [0, 0.1) is 6.92 Å². The van der Waals surface area contributed by atoms with Crippen molar-refractivity contribution in [2.45, 2.75) is 26.7 Å². The van der Waals surface area contributed by atoms with Crippen molar-refractivity contribution in [3.63, 3.8) is 0 Å². The molecular formula is C15H17ClN2O. The lowest BCUT2D eigenvalue weighted by Crippen LogP contribution is -2.03. The predicted octanol–water partition coefficient (Wildman–Crippen LogP) is 3.60. The Kier molecular flexibility index (Phi) is 4.38. The zero-order chi connectivity index (χ0) is 13.8. The summed E-state index contributed by atoms with van der Waals surface area (Å²) < 4.78 is 5.21. The van der Waals surface area contributed by atoms with E-state index in [1.807, 2.05) is 31.2 Å². The molecule has 0 aliphatic heterocycles. The molecule has 0 fully saturated rings. The van der Waals surface area contributed by atoms with E-state index >= 15 is 0 Å². The fraction of sp³-hybridized carbons (Fsp3) is 0.333. The van der Waals surface area contributed by atoms with Gasteiger partial charge in [-0.2, -0.15) is 0 Å². The summed E-state index contributed by atoms with van der Waals surface area (Å²) in [4.78, 5) is 8.89. The fourth-order valence-corrected chi connectivity index (χ4v) is 2.43. The molecule has 1 heterocycles. The Morgan fingerprint density at radius 1 is 1.26 bits per heavy atom. The van der Waals surface area contributed by atoms with Crippen LogP contribution in [0.3, 0.4) is 0 Å². The van der Waals surface area contributed by atoms with Gasteiger partial charge < -0.3 is 4.74 Å². The van der Waals surface area contributed by atoms with Crippen LogP contribution in [-0.2, 0) is 12.8 Å². The summed E-state index contributed by atoms with van der Waals surface area (Å²) in [6, 6.07) is 7.90. The van der Waals surface area contributed by atoms with E-state index in [9.17, 15) is 0 Å². The summed E-state index contributed by atoms with van der Waals surface area (Å²) in [5.41, 5.74) is 3.09. The first-order chi connectivity index (χ1) is 9.13. The molecule has 1 aromatic heterocycles. The second-order valence-corrected chi connectivity index (χ2v) is 4.73. The van der Waals surface area contributed by atoms with Crippen LogP contribution in [0.5, 0.6) is 5.75 Å². The van der Waals surface area contributed by atoms with Gasteiger partial charge in [-0.1, -0.05) is 30.7 Å². The molecule has 3 nitrogen and oxygen atoms in total. The van der Waals surface area contributed by atoms with Gasteiger partial charge in [-0.3, -0.25) is 0 Å². The molecule has 0 bridgehead atoms. The van der Waals surface area contributed by atoms with Gasteiger partial charge in [0.15, 0.2) is 0 Å². The largest absolute Gasteiger partial charge is 0.497 e. The highest BCUT2D eigenvalue weighted by atomic mass is 35.5. The van der Waals surface area contributed by atoms with Crippen molar-refractivity contribution in [1.29, 1.82) is 0 Å². The molecule has 1 aromatic carbocycles. The number of ether oxygens (including phenoxy) is 1. The van der Waals surface area contributed by atoms with Crippen LogP contribution < -0.4 is 4.74 Å². The molecule has 100 valence electrons. The Hall–Kier alpha value is -1.61. The first-order valence-corrected chi connectivity index (χ1v) is 6.66. The Bertz CT molecular complexity index is 561. The van der Waals surface area contributed by atoms with Crippen molar-refractivity contribution < 1.29 is 4.74 Å². The number of hydrogen-bond acceptors (Lipinski definition) is 3. The zero-order valence-corrected chi connectivity index (χ0v) is 12.2. The average molecular weight is 277 g/mol. The molecule has 0 saturated carbocycles. The van der Waals surface area contributed by atoms with E-state index < -0.39 is 0 Å². The van der Waals surface area contributed by atoms with Crippen LogP contribution in [-0.4, -0.2) is 17.1 Å². The Morgan fingerprint density at radius 3 is 2.68 bits per heavy atom. The number of aryl methyl sites for hydroxylation is 1. The van der Waals surface area contributed by atoms with E-state index in [-0.39, 0.29) is 0 Å². The number of nitrogens with zero attached hydrogens (tertiary/aromatic N) is 2. The number of hydrogen-bond donors (Lipinski definition) is 0. The topological polar surface area (TPSA) is 35.0 Å². The van der Waals surface area contributed by atoms with Gasteiger partial charge >= 0.3 is 0 Å². The second-order valence-electron chi connectivity index (χ2n) is 4.38. The smallest absolute Gasteiger partial charge is 0.136 e. The van der Waals surface area contributed by atoms with Crippen molar-refractivity contribution in [3.8, 4) is 5.75 Å². The summed E-state index contributed by atoms with van der Waals surface area (Å²) in [5, 5.41) is 0.563.